The summed E-state index contributed by atoms with van der Waals surface area (Å²) in [6.45, 7) is 4.94. The lowest BCUT2D eigenvalue weighted by Gasteiger charge is -2.30. The van der Waals surface area contributed by atoms with E-state index in [1.807, 2.05) is 6.92 Å². The molecule has 3 rings (SSSR count). The van der Waals surface area contributed by atoms with Gasteiger partial charge in [0, 0.05) is 37.6 Å². The third-order valence-corrected chi connectivity index (χ3v) is 4.19. The summed E-state index contributed by atoms with van der Waals surface area (Å²) >= 11 is 7.25. The van der Waals surface area contributed by atoms with Gasteiger partial charge < -0.3 is 4.74 Å². The van der Waals surface area contributed by atoms with Crippen molar-refractivity contribution in [2.24, 2.45) is 0 Å². The molecule has 2 aromatic rings. The van der Waals surface area contributed by atoms with Gasteiger partial charge >= 0.3 is 0 Å². The number of nitrogens with zero attached hydrogens (tertiary/aromatic N) is 5. The Balaban J connectivity index is 1.65. The zero-order chi connectivity index (χ0) is 13.9. The van der Waals surface area contributed by atoms with E-state index in [0.29, 0.717) is 23.3 Å². The molecule has 1 unspecified atom stereocenters. The number of ether oxygens (including phenoxy) is 1. The number of morpholine rings is 1. The van der Waals surface area contributed by atoms with E-state index in [1.54, 1.807) is 0 Å². The van der Waals surface area contributed by atoms with Crippen LogP contribution < -0.4 is 0 Å². The molecule has 1 aliphatic heterocycles. The zero-order valence-corrected chi connectivity index (χ0v) is 12.6. The van der Waals surface area contributed by atoms with Gasteiger partial charge in [-0.05, 0) is 0 Å². The van der Waals surface area contributed by atoms with E-state index in [9.17, 15) is 0 Å². The number of hydrogen-bond acceptors (Lipinski definition) is 7. The molecule has 0 aliphatic carbocycles. The average Bonchev–Trinajstić information content (AvgIpc) is 3.09. The fourth-order valence-corrected chi connectivity index (χ4v) is 2.73. The molecule has 9 heteroatoms. The number of H-pyrrole nitrogens is 1. The lowest BCUT2D eigenvalue weighted by atomic mass is 10.2. The van der Waals surface area contributed by atoms with E-state index in [4.69, 9.17) is 16.3 Å². The minimum atomic E-state index is -0.106. The molecule has 0 amide bonds. The first kappa shape index (κ1) is 13.9. The van der Waals surface area contributed by atoms with Crippen molar-refractivity contribution in [3.05, 3.63) is 21.7 Å². The van der Waals surface area contributed by atoms with Gasteiger partial charge in [0.05, 0.1) is 6.61 Å². The molecule has 1 aliphatic rings. The summed E-state index contributed by atoms with van der Waals surface area (Å²) in [6, 6.07) is 0. The van der Waals surface area contributed by atoms with Crippen LogP contribution in [0.2, 0.25) is 4.34 Å². The molecule has 20 heavy (non-hydrogen) atoms. The molecular formula is C11H15ClN6OS. The zero-order valence-electron chi connectivity index (χ0n) is 11.0. The van der Waals surface area contributed by atoms with Crippen LogP contribution in [0.4, 0.5) is 0 Å². The Kier molecular flexibility index (Phi) is 4.25. The number of aryl methyl sites for hydroxylation is 1. The van der Waals surface area contributed by atoms with Gasteiger partial charge in [-0.1, -0.05) is 23.0 Å². The van der Waals surface area contributed by atoms with Crippen molar-refractivity contribution in [1.29, 1.82) is 0 Å². The first-order chi connectivity index (χ1) is 9.76. The predicted octanol–water partition coefficient (Wildman–Crippen LogP) is 1.45. The molecule has 1 fully saturated rings. The van der Waals surface area contributed by atoms with Gasteiger partial charge in [0.25, 0.3) is 0 Å². The molecule has 0 bridgehead atoms. The van der Waals surface area contributed by atoms with Crippen LogP contribution in [-0.4, -0.2) is 49.4 Å². The molecule has 7 nitrogen and oxygen atoms in total. The lowest BCUT2D eigenvalue weighted by Crippen LogP contribution is -2.38. The number of hydrogen-bond donors (Lipinski definition) is 1. The van der Waals surface area contributed by atoms with Gasteiger partial charge in [0.2, 0.25) is 0 Å². The van der Waals surface area contributed by atoms with E-state index in [-0.39, 0.29) is 6.10 Å². The summed E-state index contributed by atoms with van der Waals surface area (Å²) < 4.78 is 10.3. The quantitative estimate of drug-likeness (QED) is 0.920. The molecule has 0 aromatic carbocycles. The first-order valence-electron chi connectivity index (χ1n) is 6.48. The molecule has 0 radical (unpaired) electrons. The van der Waals surface area contributed by atoms with Crippen LogP contribution in [0.3, 0.4) is 0 Å². The summed E-state index contributed by atoms with van der Waals surface area (Å²) in [5, 5.41) is 11.2. The van der Waals surface area contributed by atoms with Gasteiger partial charge in [0.1, 0.15) is 22.0 Å². The smallest absolute Gasteiger partial charge is 0.180 e. The Labute approximate surface area is 125 Å². The number of nitrogens with one attached hydrogen (secondary N) is 1. The number of aromatic nitrogens is 5. The van der Waals surface area contributed by atoms with Gasteiger partial charge in [-0.25, -0.2) is 4.98 Å². The van der Waals surface area contributed by atoms with Gasteiger partial charge in [0.15, 0.2) is 5.82 Å². The van der Waals surface area contributed by atoms with E-state index < -0.39 is 0 Å². The van der Waals surface area contributed by atoms with Crippen molar-refractivity contribution >= 4 is 23.1 Å². The molecule has 1 saturated heterocycles. The van der Waals surface area contributed by atoms with E-state index in [1.165, 1.54) is 11.5 Å². The van der Waals surface area contributed by atoms with Crippen LogP contribution >= 0.6 is 23.1 Å². The van der Waals surface area contributed by atoms with Crippen LogP contribution in [0.15, 0.2) is 0 Å². The Morgan fingerprint density at radius 1 is 1.55 bits per heavy atom. The first-order valence-corrected chi connectivity index (χ1v) is 7.63. The van der Waals surface area contributed by atoms with Crippen molar-refractivity contribution in [2.75, 3.05) is 19.7 Å². The molecule has 3 heterocycles. The summed E-state index contributed by atoms with van der Waals surface area (Å²) in [5.74, 6) is 1.60. The number of aromatic amines is 1. The van der Waals surface area contributed by atoms with Crippen molar-refractivity contribution in [3.8, 4) is 0 Å². The molecule has 1 atom stereocenters. The summed E-state index contributed by atoms with van der Waals surface area (Å²) in [5.41, 5.74) is 0.821. The Morgan fingerprint density at radius 3 is 3.15 bits per heavy atom. The minimum absolute atomic E-state index is 0.106. The second-order valence-corrected chi connectivity index (χ2v) is 5.94. The highest BCUT2D eigenvalue weighted by Gasteiger charge is 2.26. The van der Waals surface area contributed by atoms with Gasteiger partial charge in [-0.15, -0.1) is 5.10 Å². The standard InChI is InChI=1S/C11H15ClN6OS/c1-2-9-13-11(16-15-9)8-6-18(3-4-19-8)5-7-10(12)20-17-14-7/h8H,2-6H2,1H3,(H,13,15,16). The normalized spacial score (nSPS) is 20.4. The maximum absolute atomic E-state index is 6.04. The van der Waals surface area contributed by atoms with Crippen LogP contribution in [0.1, 0.15) is 30.4 Å². The van der Waals surface area contributed by atoms with E-state index in [2.05, 4.69) is 29.7 Å². The predicted molar refractivity (Wildman–Crippen MR) is 74.6 cm³/mol. The molecule has 108 valence electrons. The third kappa shape index (κ3) is 2.98. The topological polar surface area (TPSA) is 79.8 Å². The SMILES string of the molecule is CCc1nc(C2CN(Cc3nnsc3Cl)CCO2)n[nH]1. The van der Waals surface area contributed by atoms with Gasteiger partial charge in [-0.3, -0.25) is 10.00 Å². The molecule has 1 N–H and O–H groups in total. The monoisotopic (exact) mass is 314 g/mol. The third-order valence-electron chi connectivity index (χ3n) is 3.21. The number of halogens is 1. The maximum Gasteiger partial charge on any atom is 0.180 e. The second-order valence-electron chi connectivity index (χ2n) is 4.58. The highest BCUT2D eigenvalue weighted by atomic mass is 35.5. The molecular weight excluding hydrogens is 300 g/mol. The summed E-state index contributed by atoms with van der Waals surface area (Å²) in [4.78, 5) is 6.67. The summed E-state index contributed by atoms with van der Waals surface area (Å²) in [7, 11) is 0. The molecule has 0 spiro atoms. The van der Waals surface area contributed by atoms with Crippen LogP contribution in [-0.2, 0) is 17.7 Å². The Morgan fingerprint density at radius 2 is 2.45 bits per heavy atom. The van der Waals surface area contributed by atoms with Crippen LogP contribution in [0, 0.1) is 0 Å². The lowest BCUT2D eigenvalue weighted by molar-refractivity contribution is -0.0374. The van der Waals surface area contributed by atoms with Crippen molar-refractivity contribution in [1.82, 2.24) is 29.7 Å². The van der Waals surface area contributed by atoms with E-state index in [0.717, 1.165) is 31.0 Å². The second kappa shape index (κ2) is 6.13. The van der Waals surface area contributed by atoms with E-state index >= 15 is 0 Å². The highest BCUT2D eigenvalue weighted by Crippen LogP contribution is 2.23. The van der Waals surface area contributed by atoms with Crippen LogP contribution in [0.5, 0.6) is 0 Å². The fraction of sp³-hybridized carbons (Fsp3) is 0.636. The number of rotatable bonds is 4. The van der Waals surface area contributed by atoms with Crippen molar-refractivity contribution in [2.45, 2.75) is 26.0 Å². The molecule has 2 aromatic heterocycles. The van der Waals surface area contributed by atoms with Crippen molar-refractivity contribution < 1.29 is 4.74 Å². The maximum atomic E-state index is 6.04. The minimum Gasteiger partial charge on any atom is -0.367 e. The van der Waals surface area contributed by atoms with Crippen LogP contribution in [0.25, 0.3) is 0 Å². The van der Waals surface area contributed by atoms with Crippen molar-refractivity contribution in [3.63, 3.8) is 0 Å². The Hall–Kier alpha value is -1.09. The largest absolute Gasteiger partial charge is 0.367 e. The van der Waals surface area contributed by atoms with Gasteiger partial charge in [-0.2, -0.15) is 5.10 Å². The fourth-order valence-electron chi connectivity index (χ4n) is 2.12. The molecule has 0 saturated carbocycles. The Bertz CT molecular complexity index is 573. The highest BCUT2D eigenvalue weighted by molar-refractivity contribution is 7.10. The average molecular weight is 315 g/mol. The summed E-state index contributed by atoms with van der Waals surface area (Å²) in [6.07, 6.45) is 0.731.